The molecule has 0 atom stereocenters. The van der Waals surface area contributed by atoms with Crippen molar-refractivity contribution in [3.63, 3.8) is 0 Å². The average Bonchev–Trinajstić information content (AvgIpc) is 2.13. The first-order valence-electron chi connectivity index (χ1n) is 4.38. The molecule has 0 aliphatic heterocycles. The number of halogens is 2. The number of nitrogen functional groups attached to an aromatic ring is 1. The first kappa shape index (κ1) is 11.8. The van der Waals surface area contributed by atoms with Crippen molar-refractivity contribution in [1.29, 1.82) is 0 Å². The van der Waals surface area contributed by atoms with Gasteiger partial charge < -0.3 is 10.5 Å². The van der Waals surface area contributed by atoms with Gasteiger partial charge in [0.05, 0.1) is 22.4 Å². The van der Waals surface area contributed by atoms with Gasteiger partial charge in [0.15, 0.2) is 5.82 Å². The van der Waals surface area contributed by atoms with Crippen molar-refractivity contribution < 1.29 is 13.9 Å². The Morgan fingerprint density at radius 3 is 2.67 bits per heavy atom. The Kier molecular flexibility index (Phi) is 3.52. The Hall–Kier alpha value is -1.29. The largest absolute Gasteiger partial charge is 0.459 e. The fourth-order valence-corrected chi connectivity index (χ4v) is 1.19. The highest BCUT2D eigenvalue weighted by Crippen LogP contribution is 2.24. The van der Waals surface area contributed by atoms with Gasteiger partial charge in [0.25, 0.3) is 0 Å². The second-order valence-electron chi connectivity index (χ2n) is 3.28. The smallest absolute Gasteiger partial charge is 0.340 e. The summed E-state index contributed by atoms with van der Waals surface area (Å²) in [6.07, 6.45) is -0.282. The highest BCUT2D eigenvalue weighted by atomic mass is 35.5. The van der Waals surface area contributed by atoms with Gasteiger partial charge in [-0.1, -0.05) is 11.6 Å². The summed E-state index contributed by atoms with van der Waals surface area (Å²) >= 11 is 5.49. The Bertz CT molecular complexity index is 393. The van der Waals surface area contributed by atoms with Crippen molar-refractivity contribution in [1.82, 2.24) is 0 Å². The highest BCUT2D eigenvalue weighted by Gasteiger charge is 2.17. The number of ether oxygens (including phenoxy) is 1. The van der Waals surface area contributed by atoms with E-state index in [4.69, 9.17) is 22.1 Å². The van der Waals surface area contributed by atoms with Crippen LogP contribution in [0.4, 0.5) is 10.1 Å². The Balaban J connectivity index is 3.06. The van der Waals surface area contributed by atoms with Crippen LogP contribution in [0.5, 0.6) is 0 Å². The van der Waals surface area contributed by atoms with Crippen LogP contribution < -0.4 is 5.73 Å². The maximum absolute atomic E-state index is 13.2. The molecule has 3 nitrogen and oxygen atoms in total. The van der Waals surface area contributed by atoms with E-state index >= 15 is 0 Å². The number of carbonyl (C=O) groups excluding carboxylic acids is 1. The lowest BCUT2D eigenvalue weighted by Gasteiger charge is -2.10. The number of carbonyl (C=O) groups is 1. The number of esters is 1. The lowest BCUT2D eigenvalue weighted by Crippen LogP contribution is -2.14. The molecule has 1 rings (SSSR count). The van der Waals surface area contributed by atoms with E-state index in [0.717, 1.165) is 0 Å². The van der Waals surface area contributed by atoms with Crippen LogP contribution in [-0.2, 0) is 4.74 Å². The minimum absolute atomic E-state index is 0.00870. The van der Waals surface area contributed by atoms with Gasteiger partial charge in [-0.15, -0.1) is 0 Å². The van der Waals surface area contributed by atoms with E-state index in [-0.39, 0.29) is 22.4 Å². The van der Waals surface area contributed by atoms with E-state index in [0.29, 0.717) is 0 Å². The predicted octanol–water partition coefficient (Wildman–Crippen LogP) is 2.63. The van der Waals surface area contributed by atoms with Crippen molar-refractivity contribution in [3.8, 4) is 0 Å². The molecule has 82 valence electrons. The molecule has 0 amide bonds. The van der Waals surface area contributed by atoms with Crippen LogP contribution in [0.3, 0.4) is 0 Å². The van der Waals surface area contributed by atoms with Crippen molar-refractivity contribution in [3.05, 3.63) is 28.5 Å². The minimum Gasteiger partial charge on any atom is -0.459 e. The third-order valence-electron chi connectivity index (χ3n) is 1.70. The molecule has 0 unspecified atom stereocenters. The summed E-state index contributed by atoms with van der Waals surface area (Å²) in [5.41, 5.74) is 5.11. The maximum atomic E-state index is 13.2. The Labute approximate surface area is 92.0 Å². The van der Waals surface area contributed by atoms with Crippen LogP contribution >= 0.6 is 11.6 Å². The van der Waals surface area contributed by atoms with Crippen LogP contribution in [-0.4, -0.2) is 12.1 Å². The first-order chi connectivity index (χ1) is 6.93. The van der Waals surface area contributed by atoms with E-state index in [1.807, 2.05) is 0 Å². The molecule has 1 aromatic carbocycles. The zero-order valence-corrected chi connectivity index (χ0v) is 9.14. The molecule has 0 aliphatic rings. The number of anilines is 1. The van der Waals surface area contributed by atoms with E-state index in [9.17, 15) is 9.18 Å². The molecule has 0 aliphatic carbocycles. The first-order valence-corrected chi connectivity index (χ1v) is 4.75. The van der Waals surface area contributed by atoms with Gasteiger partial charge in [0.1, 0.15) is 0 Å². The van der Waals surface area contributed by atoms with Crippen LogP contribution in [0.15, 0.2) is 12.1 Å². The second kappa shape index (κ2) is 4.49. The monoisotopic (exact) mass is 231 g/mol. The van der Waals surface area contributed by atoms with E-state index in [2.05, 4.69) is 0 Å². The van der Waals surface area contributed by atoms with Crippen molar-refractivity contribution in [2.24, 2.45) is 0 Å². The van der Waals surface area contributed by atoms with Gasteiger partial charge in [-0.3, -0.25) is 0 Å². The number of hydrogen-bond acceptors (Lipinski definition) is 3. The number of hydrogen-bond donors (Lipinski definition) is 1. The molecule has 0 fully saturated rings. The molecule has 0 saturated carbocycles. The van der Waals surface area contributed by atoms with E-state index in [1.165, 1.54) is 12.1 Å². The van der Waals surface area contributed by atoms with Crippen molar-refractivity contribution >= 4 is 23.3 Å². The van der Waals surface area contributed by atoms with Crippen LogP contribution in [0, 0.1) is 5.82 Å². The third kappa shape index (κ3) is 2.59. The molecular formula is C10H11ClFNO2. The molecule has 1 aromatic rings. The molecule has 0 radical (unpaired) electrons. The third-order valence-corrected chi connectivity index (χ3v) is 1.99. The number of nitrogens with two attached hydrogens (primary N) is 1. The van der Waals surface area contributed by atoms with E-state index in [1.54, 1.807) is 13.8 Å². The lowest BCUT2D eigenvalue weighted by atomic mass is 10.2. The summed E-state index contributed by atoms with van der Waals surface area (Å²) in [7, 11) is 0. The summed E-state index contributed by atoms with van der Waals surface area (Å²) in [4.78, 5) is 11.4. The van der Waals surface area contributed by atoms with Crippen molar-refractivity contribution in [2.45, 2.75) is 20.0 Å². The fourth-order valence-electron chi connectivity index (χ4n) is 1.02. The van der Waals surface area contributed by atoms with Gasteiger partial charge >= 0.3 is 5.97 Å². The van der Waals surface area contributed by atoms with Crippen molar-refractivity contribution in [2.75, 3.05) is 5.73 Å². The molecular weight excluding hydrogens is 221 g/mol. The predicted molar refractivity (Wildman–Crippen MR) is 56.4 cm³/mol. The summed E-state index contributed by atoms with van der Waals surface area (Å²) in [5, 5.41) is -0.117. The molecule has 0 spiro atoms. The summed E-state index contributed by atoms with van der Waals surface area (Å²) in [5.74, 6) is -1.45. The SMILES string of the molecule is CC(C)OC(=O)c1ccc(Cl)c(F)c1N. The molecule has 2 N–H and O–H groups in total. The van der Waals surface area contributed by atoms with Gasteiger partial charge in [-0.05, 0) is 26.0 Å². The summed E-state index contributed by atoms with van der Waals surface area (Å²) < 4.78 is 18.1. The maximum Gasteiger partial charge on any atom is 0.340 e. The van der Waals surface area contributed by atoms with Gasteiger partial charge in [0.2, 0.25) is 0 Å². The van der Waals surface area contributed by atoms with Gasteiger partial charge in [-0.25, -0.2) is 9.18 Å². The molecule has 0 saturated heterocycles. The molecule has 0 aromatic heterocycles. The van der Waals surface area contributed by atoms with E-state index < -0.39 is 11.8 Å². The Morgan fingerprint density at radius 1 is 1.53 bits per heavy atom. The Morgan fingerprint density at radius 2 is 2.13 bits per heavy atom. The summed E-state index contributed by atoms with van der Waals surface area (Å²) in [6.45, 7) is 3.39. The fraction of sp³-hybridized carbons (Fsp3) is 0.300. The topological polar surface area (TPSA) is 52.3 Å². The zero-order chi connectivity index (χ0) is 11.6. The highest BCUT2D eigenvalue weighted by molar-refractivity contribution is 6.31. The van der Waals surface area contributed by atoms with Crippen LogP contribution in [0.1, 0.15) is 24.2 Å². The average molecular weight is 232 g/mol. The molecule has 5 heteroatoms. The number of rotatable bonds is 2. The van der Waals surface area contributed by atoms with Crippen LogP contribution in [0.2, 0.25) is 5.02 Å². The molecule has 15 heavy (non-hydrogen) atoms. The van der Waals surface area contributed by atoms with Crippen LogP contribution in [0.25, 0.3) is 0 Å². The van der Waals surface area contributed by atoms with Gasteiger partial charge in [-0.2, -0.15) is 0 Å². The normalized spacial score (nSPS) is 10.5. The zero-order valence-electron chi connectivity index (χ0n) is 8.38. The second-order valence-corrected chi connectivity index (χ2v) is 3.68. The molecule has 0 bridgehead atoms. The minimum atomic E-state index is -0.796. The van der Waals surface area contributed by atoms with Gasteiger partial charge in [0, 0.05) is 0 Å². The number of benzene rings is 1. The standard InChI is InChI=1S/C10H11ClFNO2/c1-5(2)15-10(14)6-3-4-7(11)8(12)9(6)13/h3-5H,13H2,1-2H3. The molecule has 0 heterocycles. The quantitative estimate of drug-likeness (QED) is 0.629. The lowest BCUT2D eigenvalue weighted by molar-refractivity contribution is 0.0379. The summed E-state index contributed by atoms with van der Waals surface area (Å²) in [6, 6.07) is 2.61.